The van der Waals surface area contributed by atoms with Crippen LogP contribution in [0, 0.1) is 0 Å². The van der Waals surface area contributed by atoms with Crippen LogP contribution in [-0.2, 0) is 0 Å². The molecule has 0 aromatic heterocycles. The Morgan fingerprint density at radius 3 is 2.13 bits per heavy atom. The molecule has 2 heterocycles. The van der Waals surface area contributed by atoms with E-state index in [9.17, 15) is 0 Å². The standard InChI is InChI=1S/C20H31N3/c21-19-9-5-6-10-20(19)22-15-13-17-11-12-18(14-15)23(17)16-7-3-1-2-4-8-16/h5-6,9-10,15-18,22H,1-4,7-8,11-14,21H2/t15?,17-,18+. The summed E-state index contributed by atoms with van der Waals surface area (Å²) in [4.78, 5) is 2.94. The molecule has 23 heavy (non-hydrogen) atoms. The zero-order valence-corrected chi connectivity index (χ0v) is 14.2. The second-order valence-corrected chi connectivity index (χ2v) is 7.88. The van der Waals surface area contributed by atoms with Crippen molar-refractivity contribution in [3.8, 4) is 0 Å². The zero-order valence-electron chi connectivity index (χ0n) is 14.2. The summed E-state index contributed by atoms with van der Waals surface area (Å²) < 4.78 is 0. The quantitative estimate of drug-likeness (QED) is 0.642. The summed E-state index contributed by atoms with van der Waals surface area (Å²) in [7, 11) is 0. The maximum atomic E-state index is 6.11. The second-order valence-electron chi connectivity index (χ2n) is 7.88. The molecule has 4 rings (SSSR count). The number of nitrogen functional groups attached to an aromatic ring is 1. The number of piperidine rings is 1. The van der Waals surface area contributed by atoms with Crippen LogP contribution in [0.3, 0.4) is 0 Å². The van der Waals surface area contributed by atoms with Gasteiger partial charge < -0.3 is 11.1 Å². The molecule has 1 saturated carbocycles. The van der Waals surface area contributed by atoms with Crippen LogP contribution in [-0.4, -0.2) is 29.1 Å². The number of benzene rings is 1. The van der Waals surface area contributed by atoms with Crippen LogP contribution < -0.4 is 11.1 Å². The fraction of sp³-hybridized carbons (Fsp3) is 0.700. The van der Waals surface area contributed by atoms with Gasteiger partial charge in [0.15, 0.2) is 0 Å². The fourth-order valence-electron chi connectivity index (χ4n) is 5.33. The lowest BCUT2D eigenvalue weighted by atomic mass is 9.93. The number of hydrogen-bond donors (Lipinski definition) is 2. The Labute approximate surface area is 140 Å². The Hall–Kier alpha value is -1.22. The molecular formula is C20H31N3. The van der Waals surface area contributed by atoms with Gasteiger partial charge in [0.05, 0.1) is 11.4 Å². The molecule has 2 saturated heterocycles. The van der Waals surface area contributed by atoms with Gasteiger partial charge in [-0.05, 0) is 50.7 Å². The van der Waals surface area contributed by atoms with Gasteiger partial charge >= 0.3 is 0 Å². The highest BCUT2D eigenvalue weighted by atomic mass is 15.3. The Kier molecular flexibility index (Phi) is 4.48. The average Bonchev–Trinajstić information content (AvgIpc) is 2.76. The largest absolute Gasteiger partial charge is 0.397 e. The van der Waals surface area contributed by atoms with E-state index in [1.807, 2.05) is 12.1 Å². The van der Waals surface area contributed by atoms with Crippen LogP contribution in [0.5, 0.6) is 0 Å². The molecule has 3 nitrogen and oxygen atoms in total. The number of nitrogens with one attached hydrogen (secondary N) is 1. The molecular weight excluding hydrogens is 282 g/mol. The van der Waals surface area contributed by atoms with E-state index in [1.54, 1.807) is 0 Å². The first kappa shape index (κ1) is 15.3. The van der Waals surface area contributed by atoms with Gasteiger partial charge in [0.25, 0.3) is 0 Å². The normalized spacial score (nSPS) is 32.6. The van der Waals surface area contributed by atoms with Crippen molar-refractivity contribution in [3.63, 3.8) is 0 Å². The van der Waals surface area contributed by atoms with Gasteiger partial charge in [-0.3, -0.25) is 4.90 Å². The highest BCUT2D eigenvalue weighted by molar-refractivity contribution is 5.66. The van der Waals surface area contributed by atoms with Crippen LogP contribution in [0.15, 0.2) is 24.3 Å². The van der Waals surface area contributed by atoms with Crippen molar-refractivity contribution < 1.29 is 0 Å². The molecule has 3 heteroatoms. The minimum absolute atomic E-state index is 0.597. The Balaban J connectivity index is 1.42. The first-order valence-corrected chi connectivity index (χ1v) is 9.70. The predicted octanol–water partition coefficient (Wildman–Crippen LogP) is 4.40. The average molecular weight is 313 g/mol. The molecule has 0 spiro atoms. The summed E-state index contributed by atoms with van der Waals surface area (Å²) in [6.45, 7) is 0. The third-order valence-electron chi connectivity index (χ3n) is 6.36. The van der Waals surface area contributed by atoms with E-state index in [4.69, 9.17) is 5.73 Å². The van der Waals surface area contributed by atoms with Gasteiger partial charge in [0.1, 0.15) is 0 Å². The molecule has 126 valence electrons. The lowest BCUT2D eigenvalue weighted by Gasteiger charge is -2.44. The van der Waals surface area contributed by atoms with E-state index in [1.165, 1.54) is 64.2 Å². The molecule has 1 aliphatic carbocycles. The summed E-state index contributed by atoms with van der Waals surface area (Å²) in [5.41, 5.74) is 8.12. The maximum absolute atomic E-state index is 6.11. The lowest BCUT2D eigenvalue weighted by Crippen LogP contribution is -2.51. The van der Waals surface area contributed by atoms with Crippen LogP contribution >= 0.6 is 0 Å². The molecule has 1 aromatic carbocycles. The van der Waals surface area contributed by atoms with Gasteiger partial charge in [-0.15, -0.1) is 0 Å². The third-order valence-corrected chi connectivity index (χ3v) is 6.36. The third kappa shape index (κ3) is 3.21. The smallest absolute Gasteiger partial charge is 0.0576 e. The first-order chi connectivity index (χ1) is 11.3. The number of anilines is 2. The molecule has 3 atom stereocenters. The Morgan fingerprint density at radius 2 is 1.48 bits per heavy atom. The Bertz CT molecular complexity index is 507. The number of fused-ring (bicyclic) bond motifs is 2. The number of hydrogen-bond acceptors (Lipinski definition) is 3. The van der Waals surface area contributed by atoms with E-state index >= 15 is 0 Å². The number of para-hydroxylation sites is 2. The molecule has 1 aromatic rings. The van der Waals surface area contributed by atoms with Gasteiger partial charge in [-0.2, -0.15) is 0 Å². The SMILES string of the molecule is Nc1ccccc1NC1C[C@H]2CC[C@@H](C1)N2C1CCCCCC1. The van der Waals surface area contributed by atoms with Crippen molar-refractivity contribution >= 4 is 11.4 Å². The van der Waals surface area contributed by atoms with E-state index in [-0.39, 0.29) is 0 Å². The summed E-state index contributed by atoms with van der Waals surface area (Å²) in [5, 5.41) is 3.73. The predicted molar refractivity (Wildman–Crippen MR) is 97.6 cm³/mol. The van der Waals surface area contributed by atoms with Crippen molar-refractivity contribution in [1.82, 2.24) is 4.90 Å². The molecule has 1 unspecified atom stereocenters. The molecule has 2 aliphatic heterocycles. The van der Waals surface area contributed by atoms with Crippen LogP contribution in [0.1, 0.15) is 64.2 Å². The minimum atomic E-state index is 0.597. The van der Waals surface area contributed by atoms with Crippen molar-refractivity contribution in [1.29, 1.82) is 0 Å². The van der Waals surface area contributed by atoms with Crippen molar-refractivity contribution in [2.45, 2.75) is 88.4 Å². The molecule has 3 N–H and O–H groups in total. The van der Waals surface area contributed by atoms with E-state index in [0.717, 1.165) is 29.5 Å². The second kappa shape index (κ2) is 6.72. The van der Waals surface area contributed by atoms with E-state index < -0.39 is 0 Å². The van der Waals surface area contributed by atoms with E-state index in [0.29, 0.717) is 6.04 Å². The minimum Gasteiger partial charge on any atom is -0.397 e. The van der Waals surface area contributed by atoms with Crippen molar-refractivity contribution in [3.05, 3.63) is 24.3 Å². The van der Waals surface area contributed by atoms with Gasteiger partial charge in [-0.1, -0.05) is 37.8 Å². The molecule has 2 bridgehead atoms. The lowest BCUT2D eigenvalue weighted by molar-refractivity contribution is 0.0725. The number of rotatable bonds is 3. The van der Waals surface area contributed by atoms with E-state index in [2.05, 4.69) is 22.3 Å². The molecule has 3 aliphatic rings. The number of nitrogens with two attached hydrogens (primary N) is 1. The molecule has 0 amide bonds. The maximum Gasteiger partial charge on any atom is 0.0576 e. The van der Waals surface area contributed by atoms with Gasteiger partial charge in [-0.25, -0.2) is 0 Å². The summed E-state index contributed by atoms with van der Waals surface area (Å²) >= 11 is 0. The van der Waals surface area contributed by atoms with Crippen molar-refractivity contribution in [2.75, 3.05) is 11.1 Å². The fourth-order valence-corrected chi connectivity index (χ4v) is 5.33. The highest BCUT2D eigenvalue weighted by Crippen LogP contribution is 2.41. The summed E-state index contributed by atoms with van der Waals surface area (Å²) in [5.74, 6) is 0. The Morgan fingerprint density at radius 1 is 0.826 bits per heavy atom. The zero-order chi connectivity index (χ0) is 15.6. The van der Waals surface area contributed by atoms with Crippen LogP contribution in [0.25, 0.3) is 0 Å². The summed E-state index contributed by atoms with van der Waals surface area (Å²) in [6, 6.07) is 11.3. The van der Waals surface area contributed by atoms with Gasteiger partial charge in [0, 0.05) is 24.2 Å². The highest BCUT2D eigenvalue weighted by Gasteiger charge is 2.43. The number of nitrogens with zero attached hydrogens (tertiary/aromatic N) is 1. The molecule has 0 radical (unpaired) electrons. The van der Waals surface area contributed by atoms with Crippen LogP contribution in [0.2, 0.25) is 0 Å². The van der Waals surface area contributed by atoms with Crippen molar-refractivity contribution in [2.24, 2.45) is 0 Å². The topological polar surface area (TPSA) is 41.3 Å². The first-order valence-electron chi connectivity index (χ1n) is 9.70. The molecule has 3 fully saturated rings. The monoisotopic (exact) mass is 313 g/mol. The summed E-state index contributed by atoms with van der Waals surface area (Å²) in [6.07, 6.45) is 14.1. The van der Waals surface area contributed by atoms with Gasteiger partial charge in [0.2, 0.25) is 0 Å². The van der Waals surface area contributed by atoms with Crippen LogP contribution in [0.4, 0.5) is 11.4 Å².